The van der Waals surface area contributed by atoms with Crippen molar-refractivity contribution in [3.8, 4) is 0 Å². The van der Waals surface area contributed by atoms with Crippen molar-refractivity contribution >= 4 is 23.2 Å². The van der Waals surface area contributed by atoms with Gasteiger partial charge in [0, 0.05) is 13.7 Å². The Bertz CT molecular complexity index is 477. The average Bonchev–Trinajstić information content (AvgIpc) is 2.38. The average molecular weight is 310 g/mol. The number of para-hydroxylation sites is 1. The molecule has 0 saturated heterocycles. The summed E-state index contributed by atoms with van der Waals surface area (Å²) < 4.78 is 44.1. The summed E-state index contributed by atoms with van der Waals surface area (Å²) in [5.41, 5.74) is -0.663. The van der Waals surface area contributed by atoms with Crippen LogP contribution in [0.25, 0.3) is 0 Å². The highest BCUT2D eigenvalue weighted by Gasteiger charge is 2.36. The fourth-order valence-electron chi connectivity index (χ4n) is 1.86. The van der Waals surface area contributed by atoms with E-state index in [1.54, 1.807) is 0 Å². The highest BCUT2D eigenvalue weighted by molar-refractivity contribution is 6.29. The molecular weight excluding hydrogens is 295 g/mol. The number of rotatable bonds is 5. The van der Waals surface area contributed by atoms with Crippen LogP contribution in [0.4, 0.5) is 18.9 Å². The molecule has 0 radical (unpaired) electrons. The molecule has 0 atom stereocenters. The third-order valence-electron chi connectivity index (χ3n) is 2.75. The van der Waals surface area contributed by atoms with Crippen molar-refractivity contribution in [2.75, 3.05) is 31.0 Å². The van der Waals surface area contributed by atoms with E-state index in [9.17, 15) is 18.0 Å². The Morgan fingerprint density at radius 2 is 2.05 bits per heavy atom. The fraction of sp³-hybridized carbons (Fsp3) is 0.462. The summed E-state index contributed by atoms with van der Waals surface area (Å²) in [4.78, 5) is 12.8. The van der Waals surface area contributed by atoms with Crippen LogP contribution in [0.1, 0.15) is 11.1 Å². The first-order valence-corrected chi connectivity index (χ1v) is 6.38. The van der Waals surface area contributed by atoms with Crippen molar-refractivity contribution in [3.05, 3.63) is 29.3 Å². The normalized spacial score (nSPS) is 11.5. The number of hydrogen-bond donors (Lipinski definition) is 0. The monoisotopic (exact) mass is 309 g/mol. The second-order valence-electron chi connectivity index (χ2n) is 4.14. The number of hydrogen-bond acceptors (Lipinski definition) is 2. The quantitative estimate of drug-likeness (QED) is 0.782. The molecule has 112 valence electrons. The second kappa shape index (κ2) is 6.95. The van der Waals surface area contributed by atoms with Gasteiger partial charge >= 0.3 is 6.18 Å². The van der Waals surface area contributed by atoms with Crippen molar-refractivity contribution in [2.45, 2.75) is 13.1 Å². The number of carbonyl (C=O) groups is 1. The predicted molar refractivity (Wildman–Crippen MR) is 71.1 cm³/mol. The molecule has 0 aliphatic carbocycles. The van der Waals surface area contributed by atoms with E-state index in [4.69, 9.17) is 16.3 Å². The molecule has 0 aliphatic rings. The van der Waals surface area contributed by atoms with Crippen LogP contribution in [0, 0.1) is 6.92 Å². The van der Waals surface area contributed by atoms with Crippen molar-refractivity contribution in [3.63, 3.8) is 0 Å². The maximum absolute atomic E-state index is 13.1. The number of halogens is 4. The second-order valence-corrected chi connectivity index (χ2v) is 4.41. The summed E-state index contributed by atoms with van der Waals surface area (Å²) in [6.45, 7) is 1.65. The molecule has 0 bridgehead atoms. The molecular formula is C13H15ClF3NO2. The molecule has 0 N–H and O–H groups in total. The molecule has 0 spiro atoms. The molecule has 3 nitrogen and oxygen atoms in total. The molecule has 0 fully saturated rings. The van der Waals surface area contributed by atoms with Crippen LogP contribution in [0.2, 0.25) is 0 Å². The highest BCUT2D eigenvalue weighted by Crippen LogP contribution is 2.38. The highest BCUT2D eigenvalue weighted by atomic mass is 35.5. The number of nitrogens with zero attached hydrogens (tertiary/aromatic N) is 1. The van der Waals surface area contributed by atoms with Crippen molar-refractivity contribution in [2.24, 2.45) is 0 Å². The largest absolute Gasteiger partial charge is 0.418 e. The van der Waals surface area contributed by atoms with Gasteiger partial charge in [-0.2, -0.15) is 13.2 Å². The lowest BCUT2D eigenvalue weighted by Crippen LogP contribution is -2.36. The lowest BCUT2D eigenvalue weighted by Gasteiger charge is -2.27. The molecule has 0 saturated carbocycles. The third kappa shape index (κ3) is 3.86. The summed E-state index contributed by atoms with van der Waals surface area (Å²) in [5, 5.41) is 0. The maximum atomic E-state index is 13.1. The maximum Gasteiger partial charge on any atom is 0.418 e. The van der Waals surface area contributed by atoms with Gasteiger partial charge in [-0.15, -0.1) is 11.6 Å². The van der Waals surface area contributed by atoms with Gasteiger partial charge in [-0.1, -0.05) is 12.1 Å². The molecule has 1 rings (SSSR count). The Morgan fingerprint density at radius 1 is 1.40 bits per heavy atom. The topological polar surface area (TPSA) is 29.5 Å². The molecule has 1 amide bonds. The Hall–Kier alpha value is -1.27. The molecule has 0 heterocycles. The SMILES string of the molecule is COCCN(C(=O)CCl)c1c(C)cccc1C(F)(F)F. The molecule has 1 aromatic carbocycles. The summed E-state index contributed by atoms with van der Waals surface area (Å²) in [5.74, 6) is -0.987. The number of amides is 1. The minimum Gasteiger partial charge on any atom is -0.383 e. The van der Waals surface area contributed by atoms with Crippen LogP contribution in [0.15, 0.2) is 18.2 Å². The van der Waals surface area contributed by atoms with Crippen LogP contribution < -0.4 is 4.90 Å². The lowest BCUT2D eigenvalue weighted by molar-refractivity contribution is -0.137. The Balaban J connectivity index is 3.34. The first-order valence-electron chi connectivity index (χ1n) is 5.85. The minimum absolute atomic E-state index is 0.00991. The van der Waals surface area contributed by atoms with Crippen LogP contribution in [-0.4, -0.2) is 32.0 Å². The standard InChI is InChI=1S/C13H15ClF3NO2/c1-9-4-3-5-10(13(15,16)17)12(9)18(6-7-20-2)11(19)8-14/h3-5H,6-8H2,1-2H3. The lowest BCUT2D eigenvalue weighted by atomic mass is 10.1. The summed E-state index contributed by atoms with van der Waals surface area (Å²) in [6, 6.07) is 3.77. The van der Waals surface area contributed by atoms with E-state index in [1.807, 2.05) is 0 Å². The Morgan fingerprint density at radius 3 is 2.55 bits per heavy atom. The zero-order chi connectivity index (χ0) is 15.3. The van der Waals surface area contributed by atoms with Gasteiger partial charge in [-0.25, -0.2) is 0 Å². The fourth-order valence-corrected chi connectivity index (χ4v) is 2.01. The Kier molecular flexibility index (Phi) is 5.83. The van der Waals surface area contributed by atoms with Gasteiger partial charge in [0.15, 0.2) is 0 Å². The summed E-state index contributed by atoms with van der Waals surface area (Å²) in [7, 11) is 1.41. The number of methoxy groups -OCH3 is 1. The van der Waals surface area contributed by atoms with Crippen molar-refractivity contribution in [1.29, 1.82) is 0 Å². The molecule has 1 aromatic rings. The van der Waals surface area contributed by atoms with E-state index >= 15 is 0 Å². The van der Waals surface area contributed by atoms with Crippen LogP contribution in [-0.2, 0) is 15.7 Å². The first kappa shape index (κ1) is 16.8. The smallest absolute Gasteiger partial charge is 0.383 e. The van der Waals surface area contributed by atoms with Crippen molar-refractivity contribution < 1.29 is 22.7 Å². The molecule has 0 unspecified atom stereocenters. The van der Waals surface area contributed by atoms with E-state index in [0.29, 0.717) is 5.56 Å². The van der Waals surface area contributed by atoms with Crippen molar-refractivity contribution in [1.82, 2.24) is 0 Å². The zero-order valence-corrected chi connectivity index (χ0v) is 11.9. The van der Waals surface area contributed by atoms with E-state index in [1.165, 1.54) is 26.2 Å². The van der Waals surface area contributed by atoms with Gasteiger partial charge in [0.05, 0.1) is 17.9 Å². The molecule has 20 heavy (non-hydrogen) atoms. The zero-order valence-electron chi connectivity index (χ0n) is 11.1. The number of ether oxygens (including phenoxy) is 1. The number of anilines is 1. The predicted octanol–water partition coefficient (Wildman–Crippen LogP) is 3.23. The van der Waals surface area contributed by atoms with Crippen LogP contribution >= 0.6 is 11.6 Å². The summed E-state index contributed by atoms with van der Waals surface area (Å²) >= 11 is 5.48. The minimum atomic E-state index is -4.54. The van der Waals surface area contributed by atoms with E-state index in [-0.39, 0.29) is 18.8 Å². The molecule has 0 aromatic heterocycles. The van der Waals surface area contributed by atoms with Crippen LogP contribution in [0.5, 0.6) is 0 Å². The van der Waals surface area contributed by atoms with Gasteiger partial charge in [0.25, 0.3) is 0 Å². The third-order valence-corrected chi connectivity index (χ3v) is 2.98. The van der Waals surface area contributed by atoms with Gasteiger partial charge < -0.3 is 9.64 Å². The van der Waals surface area contributed by atoms with E-state index in [2.05, 4.69) is 0 Å². The van der Waals surface area contributed by atoms with E-state index < -0.39 is 23.5 Å². The van der Waals surface area contributed by atoms with Gasteiger partial charge in [0.1, 0.15) is 5.88 Å². The van der Waals surface area contributed by atoms with Gasteiger partial charge in [-0.3, -0.25) is 4.79 Å². The van der Waals surface area contributed by atoms with Gasteiger partial charge in [0.2, 0.25) is 5.91 Å². The van der Waals surface area contributed by atoms with E-state index in [0.717, 1.165) is 11.0 Å². The first-order chi connectivity index (χ1) is 9.32. The summed E-state index contributed by atoms with van der Waals surface area (Å²) in [6.07, 6.45) is -4.54. The van der Waals surface area contributed by atoms with Gasteiger partial charge in [-0.05, 0) is 18.6 Å². The number of benzene rings is 1. The van der Waals surface area contributed by atoms with Crippen LogP contribution in [0.3, 0.4) is 0 Å². The number of aryl methyl sites for hydroxylation is 1. The number of carbonyl (C=O) groups excluding carboxylic acids is 1. The molecule has 7 heteroatoms. The number of alkyl halides is 4. The Labute approximate surface area is 120 Å². The molecule has 0 aliphatic heterocycles.